The Morgan fingerprint density at radius 3 is 2.00 bits per heavy atom. The highest BCUT2D eigenvalue weighted by Gasteiger charge is 2.29. The summed E-state index contributed by atoms with van der Waals surface area (Å²) in [6.45, 7) is 0.431. The maximum absolute atomic E-state index is 12.4. The van der Waals surface area contributed by atoms with E-state index in [1.807, 2.05) is 30.3 Å². The lowest BCUT2D eigenvalue weighted by Crippen LogP contribution is -2.30. The van der Waals surface area contributed by atoms with Gasteiger partial charge in [0.15, 0.2) is 0 Å². The van der Waals surface area contributed by atoms with Gasteiger partial charge < -0.3 is 14.8 Å². The summed E-state index contributed by atoms with van der Waals surface area (Å²) in [6, 6.07) is 9.63. The van der Waals surface area contributed by atoms with Gasteiger partial charge >= 0.3 is 11.9 Å². The number of methoxy groups -OCH3 is 2. The number of hydrogen-bond acceptors (Lipinski definition) is 7. The van der Waals surface area contributed by atoms with E-state index in [-0.39, 0.29) is 31.6 Å². The molecule has 1 amide bonds. The number of carbonyl (C=O) groups excluding carboxylic acids is 5. The summed E-state index contributed by atoms with van der Waals surface area (Å²) in [4.78, 5) is 59.4. The van der Waals surface area contributed by atoms with Gasteiger partial charge in [0.25, 0.3) is 0 Å². The number of ether oxygens (including phenoxy) is 2. The molecule has 1 aromatic rings. The number of rotatable bonds is 13. The molecule has 0 aliphatic heterocycles. The molecule has 0 radical (unpaired) electrons. The van der Waals surface area contributed by atoms with Crippen molar-refractivity contribution in [2.75, 3.05) is 20.8 Å². The predicted molar refractivity (Wildman–Crippen MR) is 104 cm³/mol. The van der Waals surface area contributed by atoms with Gasteiger partial charge in [0.2, 0.25) is 5.91 Å². The van der Waals surface area contributed by atoms with Crippen molar-refractivity contribution in [1.82, 2.24) is 5.32 Å². The maximum Gasteiger partial charge on any atom is 0.306 e. The number of hydrogen-bond donors (Lipinski definition) is 1. The molecule has 0 unspecified atom stereocenters. The van der Waals surface area contributed by atoms with Crippen LogP contribution in [0.1, 0.15) is 37.7 Å². The Kier molecular flexibility index (Phi) is 10.9. The molecule has 0 aliphatic carbocycles. The molecule has 0 saturated carbocycles. The average molecular weight is 405 g/mol. The number of carbonyl (C=O) groups is 5. The number of nitrogens with one attached hydrogen (secondary N) is 1. The zero-order valence-corrected chi connectivity index (χ0v) is 16.8. The first-order valence-corrected chi connectivity index (χ1v) is 9.37. The van der Waals surface area contributed by atoms with Crippen molar-refractivity contribution >= 4 is 29.4 Å². The first-order valence-electron chi connectivity index (χ1n) is 9.37. The van der Waals surface area contributed by atoms with Crippen LogP contribution < -0.4 is 5.32 Å². The molecule has 0 aliphatic rings. The minimum Gasteiger partial charge on any atom is -0.469 e. The summed E-state index contributed by atoms with van der Waals surface area (Å²) in [5.74, 6) is -3.90. The monoisotopic (exact) mass is 405 g/mol. The zero-order valence-electron chi connectivity index (χ0n) is 16.8. The van der Waals surface area contributed by atoms with Crippen LogP contribution in [0.4, 0.5) is 0 Å². The second-order valence-corrected chi connectivity index (χ2v) is 6.43. The highest BCUT2D eigenvalue weighted by Crippen LogP contribution is 2.15. The first kappa shape index (κ1) is 24.0. The van der Waals surface area contributed by atoms with E-state index < -0.39 is 35.8 Å². The third-order valence-electron chi connectivity index (χ3n) is 4.36. The van der Waals surface area contributed by atoms with E-state index in [4.69, 9.17) is 0 Å². The predicted octanol–water partition coefficient (Wildman–Crippen LogP) is 1.40. The van der Waals surface area contributed by atoms with E-state index in [0.717, 1.165) is 12.7 Å². The largest absolute Gasteiger partial charge is 0.469 e. The molecule has 0 heterocycles. The second kappa shape index (κ2) is 13.2. The fourth-order valence-corrected chi connectivity index (χ4v) is 2.65. The van der Waals surface area contributed by atoms with E-state index >= 15 is 0 Å². The lowest BCUT2D eigenvalue weighted by molar-refractivity contribution is -0.147. The maximum atomic E-state index is 12.4. The van der Waals surface area contributed by atoms with Gasteiger partial charge in [0.05, 0.1) is 33.0 Å². The molecular formula is C21H27NO7. The van der Waals surface area contributed by atoms with Crippen molar-refractivity contribution in [1.29, 1.82) is 0 Å². The molecule has 0 bridgehead atoms. The number of ketones is 2. The molecule has 8 heteroatoms. The highest BCUT2D eigenvalue weighted by atomic mass is 16.5. The summed E-state index contributed by atoms with van der Waals surface area (Å²) in [7, 11) is 2.35. The van der Waals surface area contributed by atoms with Crippen LogP contribution in [0, 0.1) is 5.92 Å². The van der Waals surface area contributed by atoms with E-state index in [1.54, 1.807) is 0 Å². The number of Topliss-reactive ketones (excluding diaryl/α,β-unsaturated/α-hetero) is 2. The standard InChI is InChI=1S/C21H27NO7/c1-28-20(26)11-9-18(24)16(14-21(27)29-2)17(23)8-10-19(25)22-13-12-15-6-4-3-5-7-15/h3-7,16H,8-14H2,1-2H3,(H,22,25)/t16-/m0/s1. The normalized spacial score (nSPS) is 11.2. The van der Waals surface area contributed by atoms with Crippen LogP contribution in [-0.4, -0.2) is 50.2 Å². The Labute approximate surface area is 169 Å². The fraction of sp³-hybridized carbons (Fsp3) is 0.476. The third-order valence-corrected chi connectivity index (χ3v) is 4.36. The quantitative estimate of drug-likeness (QED) is 0.389. The highest BCUT2D eigenvalue weighted by molar-refractivity contribution is 6.05. The van der Waals surface area contributed by atoms with Gasteiger partial charge in [-0.25, -0.2) is 0 Å². The molecule has 0 saturated heterocycles. The topological polar surface area (TPSA) is 116 Å². The average Bonchev–Trinajstić information content (AvgIpc) is 2.74. The molecule has 1 aromatic carbocycles. The molecule has 1 N–H and O–H groups in total. The lowest BCUT2D eigenvalue weighted by atomic mass is 9.90. The van der Waals surface area contributed by atoms with E-state index in [0.29, 0.717) is 13.0 Å². The van der Waals surface area contributed by atoms with Crippen molar-refractivity contribution in [3.8, 4) is 0 Å². The van der Waals surface area contributed by atoms with Crippen molar-refractivity contribution in [3.63, 3.8) is 0 Å². The Balaban J connectivity index is 2.50. The first-order chi connectivity index (χ1) is 13.9. The fourth-order valence-electron chi connectivity index (χ4n) is 2.65. The van der Waals surface area contributed by atoms with Crippen LogP contribution in [0.15, 0.2) is 30.3 Å². The van der Waals surface area contributed by atoms with Crippen LogP contribution in [-0.2, 0) is 39.9 Å². The van der Waals surface area contributed by atoms with Gasteiger partial charge in [-0.1, -0.05) is 30.3 Å². The van der Waals surface area contributed by atoms with Gasteiger partial charge in [-0.2, -0.15) is 0 Å². The van der Waals surface area contributed by atoms with Crippen molar-refractivity contribution < 1.29 is 33.4 Å². The van der Waals surface area contributed by atoms with E-state index in [2.05, 4.69) is 14.8 Å². The molecule has 0 aromatic heterocycles. The third kappa shape index (κ3) is 9.64. The van der Waals surface area contributed by atoms with Gasteiger partial charge in [0, 0.05) is 25.8 Å². The Morgan fingerprint density at radius 1 is 0.828 bits per heavy atom. The van der Waals surface area contributed by atoms with Crippen LogP contribution >= 0.6 is 0 Å². The molecule has 1 atom stereocenters. The Morgan fingerprint density at radius 2 is 1.41 bits per heavy atom. The minimum atomic E-state index is -1.23. The van der Waals surface area contributed by atoms with Crippen molar-refractivity contribution in [3.05, 3.63) is 35.9 Å². The van der Waals surface area contributed by atoms with E-state index in [1.165, 1.54) is 7.11 Å². The number of benzene rings is 1. The molecule has 1 rings (SSSR count). The molecule has 0 fully saturated rings. The lowest BCUT2D eigenvalue weighted by Gasteiger charge is -2.13. The van der Waals surface area contributed by atoms with Crippen molar-refractivity contribution in [2.24, 2.45) is 5.92 Å². The SMILES string of the molecule is COC(=O)CCC(=O)[C@@H](CC(=O)OC)C(=O)CCC(=O)NCCc1ccccc1. The molecule has 29 heavy (non-hydrogen) atoms. The van der Waals surface area contributed by atoms with Crippen LogP contribution in [0.25, 0.3) is 0 Å². The van der Waals surface area contributed by atoms with Gasteiger partial charge in [-0.15, -0.1) is 0 Å². The van der Waals surface area contributed by atoms with Gasteiger partial charge in [0.1, 0.15) is 11.6 Å². The molecule has 8 nitrogen and oxygen atoms in total. The Hall–Kier alpha value is -3.03. The zero-order chi connectivity index (χ0) is 21.6. The Bertz CT molecular complexity index is 715. The summed E-state index contributed by atoms with van der Waals surface area (Å²) < 4.78 is 9.01. The van der Waals surface area contributed by atoms with Gasteiger partial charge in [-0.3, -0.25) is 24.0 Å². The summed E-state index contributed by atoms with van der Waals surface area (Å²) in [6.07, 6.45) is -0.412. The van der Waals surface area contributed by atoms with Crippen molar-refractivity contribution in [2.45, 2.75) is 38.5 Å². The second-order valence-electron chi connectivity index (χ2n) is 6.43. The summed E-state index contributed by atoms with van der Waals surface area (Å²) in [5, 5.41) is 2.73. The number of amides is 1. The van der Waals surface area contributed by atoms with Crippen LogP contribution in [0.2, 0.25) is 0 Å². The molecule has 0 spiro atoms. The van der Waals surface area contributed by atoms with Crippen LogP contribution in [0.3, 0.4) is 0 Å². The summed E-state index contributed by atoms with van der Waals surface area (Å²) in [5.41, 5.74) is 1.08. The smallest absolute Gasteiger partial charge is 0.306 e. The molecule has 158 valence electrons. The minimum absolute atomic E-state index is 0.0877. The molecular weight excluding hydrogens is 378 g/mol. The van der Waals surface area contributed by atoms with Crippen LogP contribution in [0.5, 0.6) is 0 Å². The van der Waals surface area contributed by atoms with Gasteiger partial charge in [-0.05, 0) is 12.0 Å². The van der Waals surface area contributed by atoms with E-state index in [9.17, 15) is 24.0 Å². The number of esters is 2. The summed E-state index contributed by atoms with van der Waals surface area (Å²) >= 11 is 0.